The van der Waals surface area contributed by atoms with Gasteiger partial charge in [-0.2, -0.15) is 4.98 Å². The van der Waals surface area contributed by atoms with Crippen LogP contribution in [0.3, 0.4) is 0 Å². The number of anilines is 1. The highest BCUT2D eigenvalue weighted by atomic mass is 79.9. The molecule has 0 saturated heterocycles. The van der Waals surface area contributed by atoms with Gasteiger partial charge in [0.25, 0.3) is 0 Å². The number of nitrogens with one attached hydrogen (secondary N) is 1. The minimum absolute atomic E-state index is 0.197. The molecule has 1 aromatic heterocycles. The van der Waals surface area contributed by atoms with Crippen molar-refractivity contribution in [2.75, 3.05) is 5.43 Å². The van der Waals surface area contributed by atoms with Crippen molar-refractivity contribution in [3.8, 4) is 11.6 Å². The van der Waals surface area contributed by atoms with Gasteiger partial charge in [-0.3, -0.25) is 0 Å². The lowest BCUT2D eigenvalue weighted by molar-refractivity contribution is 0.443. The van der Waals surface area contributed by atoms with Crippen LogP contribution in [-0.4, -0.2) is 9.97 Å². The first kappa shape index (κ1) is 15.7. The molecule has 1 heterocycles. The Balaban J connectivity index is 2.42. The third-order valence-electron chi connectivity index (χ3n) is 2.89. The molecule has 0 unspecified atom stereocenters. The van der Waals surface area contributed by atoms with E-state index in [1.54, 1.807) is 6.07 Å². The van der Waals surface area contributed by atoms with E-state index in [0.29, 0.717) is 17.5 Å². The van der Waals surface area contributed by atoms with Crippen molar-refractivity contribution < 1.29 is 4.74 Å². The Labute approximate surface area is 133 Å². The Kier molecular flexibility index (Phi) is 4.49. The van der Waals surface area contributed by atoms with Gasteiger partial charge in [0.1, 0.15) is 17.4 Å². The summed E-state index contributed by atoms with van der Waals surface area (Å²) in [6, 6.07) is 7.53. The number of rotatable bonds is 3. The van der Waals surface area contributed by atoms with Gasteiger partial charge in [0.2, 0.25) is 5.88 Å². The van der Waals surface area contributed by atoms with E-state index >= 15 is 0 Å². The highest BCUT2D eigenvalue weighted by Crippen LogP contribution is 2.29. The number of ether oxygens (including phenoxy) is 1. The van der Waals surface area contributed by atoms with Crippen LogP contribution < -0.4 is 16.0 Å². The van der Waals surface area contributed by atoms with Crippen LogP contribution >= 0.6 is 15.9 Å². The third-order valence-corrected chi connectivity index (χ3v) is 3.38. The molecule has 0 saturated carbocycles. The predicted molar refractivity (Wildman–Crippen MR) is 87.5 cm³/mol. The lowest BCUT2D eigenvalue weighted by atomic mass is 9.96. The number of halogens is 1. The molecule has 0 aliphatic carbocycles. The predicted octanol–water partition coefficient (Wildman–Crippen LogP) is 3.92. The molecule has 0 amide bonds. The fourth-order valence-electron chi connectivity index (χ4n) is 1.68. The maximum atomic E-state index is 5.89. The van der Waals surface area contributed by atoms with Crippen molar-refractivity contribution in [1.29, 1.82) is 0 Å². The molecular weight excluding hydrogens is 332 g/mol. The fraction of sp³-hybridized carbons (Fsp3) is 0.333. The summed E-state index contributed by atoms with van der Waals surface area (Å²) in [6.45, 7) is 8.10. The summed E-state index contributed by atoms with van der Waals surface area (Å²) in [7, 11) is 0. The van der Waals surface area contributed by atoms with Crippen molar-refractivity contribution in [3.05, 3.63) is 40.1 Å². The second-order valence-corrected chi connectivity index (χ2v) is 6.74. The Hall–Kier alpha value is -1.66. The zero-order valence-electron chi connectivity index (χ0n) is 12.6. The highest BCUT2D eigenvalue weighted by molar-refractivity contribution is 9.10. The number of aromatic nitrogens is 2. The molecule has 6 heteroatoms. The Morgan fingerprint density at radius 1 is 1.19 bits per heavy atom. The first-order valence-electron chi connectivity index (χ1n) is 6.60. The maximum absolute atomic E-state index is 5.89. The van der Waals surface area contributed by atoms with E-state index in [0.717, 1.165) is 15.8 Å². The number of hydrogen-bond acceptors (Lipinski definition) is 5. The van der Waals surface area contributed by atoms with Crippen molar-refractivity contribution in [2.45, 2.75) is 33.1 Å². The number of aryl methyl sites for hydroxylation is 1. The fourth-order valence-corrected chi connectivity index (χ4v) is 2.02. The molecule has 5 nitrogen and oxygen atoms in total. The molecule has 1 aromatic carbocycles. The van der Waals surface area contributed by atoms with Gasteiger partial charge in [0.05, 0.1) is 0 Å². The Morgan fingerprint density at radius 2 is 1.90 bits per heavy atom. The molecule has 0 bridgehead atoms. The second-order valence-electron chi connectivity index (χ2n) is 5.82. The quantitative estimate of drug-likeness (QED) is 0.648. The van der Waals surface area contributed by atoms with Crippen LogP contribution in [0.15, 0.2) is 28.7 Å². The number of nitrogens with two attached hydrogens (primary N) is 1. The summed E-state index contributed by atoms with van der Waals surface area (Å²) in [5.41, 5.74) is 3.38. The van der Waals surface area contributed by atoms with Crippen LogP contribution in [0.1, 0.15) is 32.2 Å². The molecule has 0 aliphatic rings. The molecule has 2 rings (SSSR count). The third kappa shape index (κ3) is 3.92. The molecule has 0 spiro atoms. The van der Waals surface area contributed by atoms with Gasteiger partial charge in [0, 0.05) is 16.0 Å². The van der Waals surface area contributed by atoms with Crippen molar-refractivity contribution in [2.24, 2.45) is 5.84 Å². The normalized spacial score (nSPS) is 11.3. The number of hydrogen-bond donors (Lipinski definition) is 2. The largest absolute Gasteiger partial charge is 0.439 e. The molecule has 3 N–H and O–H groups in total. The van der Waals surface area contributed by atoms with Crippen molar-refractivity contribution in [1.82, 2.24) is 9.97 Å². The van der Waals surface area contributed by atoms with Gasteiger partial charge >= 0.3 is 0 Å². The van der Waals surface area contributed by atoms with Crippen LogP contribution in [0.5, 0.6) is 11.6 Å². The smallest absolute Gasteiger partial charge is 0.224 e. The Bertz CT molecular complexity index is 653. The summed E-state index contributed by atoms with van der Waals surface area (Å²) in [5, 5.41) is 0. The van der Waals surface area contributed by atoms with Crippen molar-refractivity contribution in [3.63, 3.8) is 0 Å². The zero-order chi connectivity index (χ0) is 15.6. The minimum Gasteiger partial charge on any atom is -0.439 e. The van der Waals surface area contributed by atoms with Crippen LogP contribution in [0.4, 0.5) is 5.82 Å². The van der Waals surface area contributed by atoms with Crippen LogP contribution in [0.2, 0.25) is 0 Å². The topological polar surface area (TPSA) is 73.1 Å². The molecule has 112 valence electrons. The van der Waals surface area contributed by atoms with E-state index < -0.39 is 0 Å². The molecular formula is C15H19BrN4O. The standard InChI is InChI=1S/C15H19BrN4O/c1-9-5-6-10(16)7-11(9)21-13-8-12(20-17)18-14(19-13)15(2,3)4/h5-8H,17H2,1-4H3,(H,18,19,20). The van der Waals surface area contributed by atoms with Crippen LogP contribution in [0.25, 0.3) is 0 Å². The van der Waals surface area contributed by atoms with Gasteiger partial charge in [-0.1, -0.05) is 42.8 Å². The number of hydrazine groups is 1. The van der Waals surface area contributed by atoms with E-state index in [1.165, 1.54) is 0 Å². The van der Waals surface area contributed by atoms with Gasteiger partial charge in [0.15, 0.2) is 0 Å². The van der Waals surface area contributed by atoms with E-state index in [2.05, 4.69) is 31.3 Å². The molecule has 21 heavy (non-hydrogen) atoms. The molecule has 0 fully saturated rings. The molecule has 0 atom stereocenters. The van der Waals surface area contributed by atoms with Crippen molar-refractivity contribution >= 4 is 21.7 Å². The lowest BCUT2D eigenvalue weighted by Gasteiger charge is -2.18. The van der Waals surface area contributed by atoms with E-state index in [9.17, 15) is 0 Å². The zero-order valence-corrected chi connectivity index (χ0v) is 14.2. The minimum atomic E-state index is -0.197. The van der Waals surface area contributed by atoms with Crippen LogP contribution in [0, 0.1) is 6.92 Å². The summed E-state index contributed by atoms with van der Waals surface area (Å²) in [4.78, 5) is 8.84. The van der Waals surface area contributed by atoms with Crippen LogP contribution in [-0.2, 0) is 5.41 Å². The van der Waals surface area contributed by atoms with E-state index in [1.807, 2.05) is 45.9 Å². The number of benzene rings is 1. The SMILES string of the molecule is Cc1ccc(Br)cc1Oc1cc(NN)nc(C(C)(C)C)n1. The summed E-state index contributed by atoms with van der Waals surface area (Å²) in [6.07, 6.45) is 0. The molecule has 2 aromatic rings. The summed E-state index contributed by atoms with van der Waals surface area (Å²) < 4.78 is 6.84. The molecule has 0 radical (unpaired) electrons. The average Bonchev–Trinajstić information content (AvgIpc) is 2.41. The number of nitrogen functional groups attached to an aromatic ring is 1. The summed E-state index contributed by atoms with van der Waals surface area (Å²) in [5.74, 6) is 7.87. The van der Waals surface area contributed by atoms with Gasteiger partial charge in [-0.05, 0) is 24.6 Å². The molecule has 0 aliphatic heterocycles. The first-order valence-corrected chi connectivity index (χ1v) is 7.39. The summed E-state index contributed by atoms with van der Waals surface area (Å²) >= 11 is 3.44. The van der Waals surface area contributed by atoms with E-state index in [4.69, 9.17) is 10.6 Å². The maximum Gasteiger partial charge on any atom is 0.224 e. The van der Waals surface area contributed by atoms with Gasteiger partial charge in [-0.25, -0.2) is 10.8 Å². The Morgan fingerprint density at radius 3 is 2.52 bits per heavy atom. The van der Waals surface area contributed by atoms with Gasteiger partial charge < -0.3 is 10.2 Å². The highest BCUT2D eigenvalue weighted by Gasteiger charge is 2.20. The first-order chi connectivity index (χ1) is 9.79. The lowest BCUT2D eigenvalue weighted by Crippen LogP contribution is -2.19. The van der Waals surface area contributed by atoms with E-state index in [-0.39, 0.29) is 5.41 Å². The van der Waals surface area contributed by atoms with Gasteiger partial charge in [-0.15, -0.1) is 0 Å². The number of nitrogens with zero attached hydrogens (tertiary/aromatic N) is 2. The average molecular weight is 351 g/mol. The monoisotopic (exact) mass is 350 g/mol. The second kappa shape index (κ2) is 5.99.